The Morgan fingerprint density at radius 3 is 2.48 bits per heavy atom. The van der Waals surface area contributed by atoms with Gasteiger partial charge in [0.05, 0.1) is 25.1 Å². The van der Waals surface area contributed by atoms with Crippen LogP contribution in [0.1, 0.15) is 19.3 Å². The van der Waals surface area contributed by atoms with Crippen LogP contribution >= 0.6 is 0 Å². The van der Waals surface area contributed by atoms with Crippen LogP contribution in [0.4, 0.5) is 26.0 Å². The molecule has 2 aromatic heterocycles. The van der Waals surface area contributed by atoms with E-state index in [1.54, 1.807) is 12.3 Å². The minimum Gasteiger partial charge on any atom is -0.452 e. The number of pyridine rings is 1. The fourth-order valence-corrected chi connectivity index (χ4v) is 5.12. The molecule has 0 radical (unpaired) electrons. The van der Waals surface area contributed by atoms with Crippen LogP contribution in [0.2, 0.25) is 0 Å². The molecular formula is C31H31F2N7O4. The number of carbonyl (C=O) groups is 2. The number of nitrogens with zero attached hydrogens (tertiary/aromatic N) is 5. The topological polar surface area (TPSA) is 136 Å². The van der Waals surface area contributed by atoms with Crippen molar-refractivity contribution in [1.29, 1.82) is 0 Å². The number of ether oxygens (including phenoxy) is 2. The van der Waals surface area contributed by atoms with Crippen molar-refractivity contribution in [2.75, 3.05) is 49.6 Å². The second-order valence-corrected chi connectivity index (χ2v) is 10.8. The smallest absolute Gasteiger partial charge is 0.247 e. The number of primary amides is 1. The Bertz CT molecular complexity index is 1680. The number of morpholine rings is 1. The number of benzene rings is 2. The molecule has 4 aromatic rings. The first-order chi connectivity index (χ1) is 21.3. The van der Waals surface area contributed by atoms with Gasteiger partial charge in [-0.3, -0.25) is 19.4 Å². The van der Waals surface area contributed by atoms with E-state index in [4.69, 9.17) is 15.2 Å². The second kappa shape index (κ2) is 12.5. The molecule has 2 amide bonds. The van der Waals surface area contributed by atoms with Gasteiger partial charge >= 0.3 is 0 Å². The summed E-state index contributed by atoms with van der Waals surface area (Å²) in [6.45, 7) is 4.98. The lowest BCUT2D eigenvalue weighted by Crippen LogP contribution is -2.41. The monoisotopic (exact) mass is 603 g/mol. The Hall–Kier alpha value is -4.75. The third-order valence-electron chi connectivity index (χ3n) is 7.78. The van der Waals surface area contributed by atoms with Crippen molar-refractivity contribution in [2.45, 2.75) is 19.3 Å². The summed E-state index contributed by atoms with van der Waals surface area (Å²) in [5.74, 6) is -2.01. The fraction of sp³-hybridized carbons (Fsp3) is 0.323. The molecule has 2 fully saturated rings. The third kappa shape index (κ3) is 6.15. The molecule has 0 spiro atoms. The predicted molar refractivity (Wildman–Crippen MR) is 159 cm³/mol. The molecule has 1 saturated carbocycles. The highest BCUT2D eigenvalue weighted by atomic mass is 19.1. The maximum Gasteiger partial charge on any atom is 0.247 e. The van der Waals surface area contributed by atoms with Crippen LogP contribution in [-0.2, 0) is 14.3 Å². The number of fused-ring (bicyclic) bond motifs is 1. The average Bonchev–Trinajstić information content (AvgIpc) is 3.85. The summed E-state index contributed by atoms with van der Waals surface area (Å²) in [6.07, 6.45) is 4.55. The minimum absolute atomic E-state index is 0.127. The zero-order chi connectivity index (χ0) is 30.7. The lowest BCUT2D eigenvalue weighted by atomic mass is 10.0. The van der Waals surface area contributed by atoms with Crippen LogP contribution in [0.3, 0.4) is 0 Å². The quantitative estimate of drug-likeness (QED) is 0.191. The highest BCUT2D eigenvalue weighted by Crippen LogP contribution is 2.49. The van der Waals surface area contributed by atoms with Gasteiger partial charge in [-0.25, -0.2) is 23.7 Å². The molecule has 11 nitrogen and oxygen atoms in total. The van der Waals surface area contributed by atoms with E-state index in [-0.39, 0.29) is 35.7 Å². The van der Waals surface area contributed by atoms with E-state index in [9.17, 15) is 14.0 Å². The fourth-order valence-electron chi connectivity index (χ4n) is 5.12. The van der Waals surface area contributed by atoms with Gasteiger partial charge in [-0.15, -0.1) is 0 Å². The zero-order valence-electron chi connectivity index (χ0n) is 23.8. The first-order valence-corrected chi connectivity index (χ1v) is 14.4. The number of nitrogens with two attached hydrogens (primary N) is 1. The number of carbonyl (C=O) groups excluding carboxylic acids is 2. The largest absolute Gasteiger partial charge is 0.452 e. The van der Waals surface area contributed by atoms with Crippen molar-refractivity contribution in [1.82, 2.24) is 19.9 Å². The summed E-state index contributed by atoms with van der Waals surface area (Å²) in [7, 11) is 0. The molecule has 1 aliphatic carbocycles. The van der Waals surface area contributed by atoms with Crippen LogP contribution < -0.4 is 20.7 Å². The van der Waals surface area contributed by atoms with Crippen LogP contribution in [0.15, 0.2) is 60.9 Å². The molecule has 0 bridgehead atoms. The Kier molecular flexibility index (Phi) is 8.31. The van der Waals surface area contributed by atoms with Crippen molar-refractivity contribution >= 4 is 40.2 Å². The SMILES string of the molecule is NC(=O)C1(C(=O)N(c2ccc(F)cc2)c2ccc(Oc3ccnc4ncc(NCCCN5CCOCC5)nc34)c(F)c2)CC1. The van der Waals surface area contributed by atoms with Gasteiger partial charge in [-0.1, -0.05) is 0 Å². The first kappa shape index (κ1) is 29.3. The van der Waals surface area contributed by atoms with Crippen LogP contribution in [0.5, 0.6) is 11.5 Å². The van der Waals surface area contributed by atoms with Crippen molar-refractivity contribution in [3.8, 4) is 11.5 Å². The summed E-state index contributed by atoms with van der Waals surface area (Å²) in [5.41, 5.74) is 5.22. The molecule has 228 valence electrons. The summed E-state index contributed by atoms with van der Waals surface area (Å²) in [5, 5.41) is 3.27. The average molecular weight is 604 g/mol. The normalized spacial score (nSPS) is 16.0. The maximum atomic E-state index is 15.6. The van der Waals surface area contributed by atoms with E-state index in [0.29, 0.717) is 23.5 Å². The molecule has 2 aliphatic rings. The molecule has 1 aliphatic heterocycles. The second-order valence-electron chi connectivity index (χ2n) is 10.8. The predicted octanol–water partition coefficient (Wildman–Crippen LogP) is 4.16. The standard InChI is InChI=1S/C31H31F2N7O4/c32-20-2-4-21(5-3-20)40(30(42)31(9-10-31)29(34)41)22-6-7-24(23(33)18-22)44-25-8-12-36-28-27(25)38-26(19-37-28)35-11-1-13-39-14-16-43-17-15-39/h2-8,12,18-19H,1,9-11,13-17H2,(H2,34,41)(H,35,38). The van der Waals surface area contributed by atoms with Crippen molar-refractivity contribution < 1.29 is 27.8 Å². The van der Waals surface area contributed by atoms with Gasteiger partial charge in [0, 0.05) is 43.7 Å². The van der Waals surface area contributed by atoms with Gasteiger partial charge in [0.15, 0.2) is 28.5 Å². The van der Waals surface area contributed by atoms with Gasteiger partial charge in [0.2, 0.25) is 11.8 Å². The molecule has 13 heteroatoms. The van der Waals surface area contributed by atoms with Crippen molar-refractivity contribution in [3.63, 3.8) is 0 Å². The van der Waals surface area contributed by atoms with Crippen LogP contribution in [-0.4, -0.2) is 71.1 Å². The Morgan fingerprint density at radius 2 is 1.77 bits per heavy atom. The number of rotatable bonds is 11. The van der Waals surface area contributed by atoms with Gasteiger partial charge in [-0.05, 0) is 62.2 Å². The third-order valence-corrected chi connectivity index (χ3v) is 7.78. The number of hydrogen-bond donors (Lipinski definition) is 2. The van der Waals surface area contributed by atoms with Crippen molar-refractivity contribution in [3.05, 3.63) is 72.6 Å². The van der Waals surface area contributed by atoms with Crippen LogP contribution in [0, 0.1) is 17.0 Å². The van der Waals surface area contributed by atoms with Gasteiger partial charge < -0.3 is 20.5 Å². The van der Waals surface area contributed by atoms with Crippen molar-refractivity contribution in [2.24, 2.45) is 11.1 Å². The highest BCUT2D eigenvalue weighted by molar-refractivity contribution is 6.16. The van der Waals surface area contributed by atoms with E-state index in [2.05, 4.69) is 25.2 Å². The minimum atomic E-state index is -1.39. The molecule has 1 saturated heterocycles. The summed E-state index contributed by atoms with van der Waals surface area (Å²) < 4.78 is 40.5. The molecule has 6 rings (SSSR count). The summed E-state index contributed by atoms with van der Waals surface area (Å²) in [4.78, 5) is 42.4. The zero-order valence-corrected chi connectivity index (χ0v) is 23.8. The van der Waals surface area contributed by atoms with Gasteiger partial charge in [0.1, 0.15) is 17.1 Å². The van der Waals surface area contributed by atoms with Gasteiger partial charge in [0.25, 0.3) is 0 Å². The molecule has 3 N–H and O–H groups in total. The van der Waals surface area contributed by atoms with E-state index in [1.165, 1.54) is 47.5 Å². The number of hydrogen-bond acceptors (Lipinski definition) is 9. The Labute approximate surface area is 252 Å². The number of amides is 2. The van der Waals surface area contributed by atoms with E-state index in [1.807, 2.05) is 0 Å². The highest BCUT2D eigenvalue weighted by Gasteiger charge is 2.57. The summed E-state index contributed by atoms with van der Waals surface area (Å²) >= 11 is 0. The maximum absolute atomic E-state index is 15.6. The van der Waals surface area contributed by atoms with E-state index >= 15 is 4.39 Å². The number of anilines is 3. The molecule has 0 atom stereocenters. The lowest BCUT2D eigenvalue weighted by Gasteiger charge is -2.26. The Balaban J connectivity index is 1.21. The summed E-state index contributed by atoms with van der Waals surface area (Å²) in [6, 6.07) is 10.6. The number of aromatic nitrogens is 3. The lowest BCUT2D eigenvalue weighted by molar-refractivity contribution is -0.133. The van der Waals surface area contributed by atoms with Gasteiger partial charge in [-0.2, -0.15) is 0 Å². The first-order valence-electron chi connectivity index (χ1n) is 14.4. The van der Waals surface area contributed by atoms with E-state index < -0.39 is 28.9 Å². The molecule has 2 aromatic carbocycles. The van der Waals surface area contributed by atoms with E-state index in [0.717, 1.165) is 45.3 Å². The molecule has 44 heavy (non-hydrogen) atoms. The number of nitrogens with one attached hydrogen (secondary N) is 1. The molecular weight excluding hydrogens is 572 g/mol. The Morgan fingerprint density at radius 1 is 1.02 bits per heavy atom. The van der Waals surface area contributed by atoms with Crippen LogP contribution in [0.25, 0.3) is 11.2 Å². The number of halogens is 2. The molecule has 3 heterocycles. The molecule has 0 unspecified atom stereocenters.